The van der Waals surface area contributed by atoms with Gasteiger partial charge in [-0.3, -0.25) is 0 Å². The lowest BCUT2D eigenvalue weighted by Gasteiger charge is -2.25. The fraction of sp³-hybridized carbons (Fsp3) is 0.118. The van der Waals surface area contributed by atoms with Crippen LogP contribution in [0.25, 0.3) is 32.3 Å². The number of rotatable bonds is 4. The molecule has 0 aliphatic carbocycles. The number of hydrogen-bond donors (Lipinski definition) is 0. The highest BCUT2D eigenvalue weighted by molar-refractivity contribution is 6.11. The van der Waals surface area contributed by atoms with E-state index in [9.17, 15) is 0 Å². The highest BCUT2D eigenvalue weighted by Gasteiger charge is 2.22. The molecule has 0 N–H and O–H groups in total. The Morgan fingerprint density at radius 3 is 1.15 bits per heavy atom. The SMILES string of the molecule is CC(c1ccccc1)c1c2ccccc2c(C(C)c2ccccc2)c2cc3ccccc3cc12. The van der Waals surface area contributed by atoms with Gasteiger partial charge in [-0.25, -0.2) is 0 Å². The van der Waals surface area contributed by atoms with Gasteiger partial charge in [-0.05, 0) is 66.7 Å². The molecule has 2 atom stereocenters. The van der Waals surface area contributed by atoms with Crippen molar-refractivity contribution in [1.82, 2.24) is 0 Å². The highest BCUT2D eigenvalue weighted by atomic mass is 14.3. The Kier molecular flexibility index (Phi) is 5.15. The van der Waals surface area contributed by atoms with Crippen molar-refractivity contribution in [2.45, 2.75) is 25.7 Å². The van der Waals surface area contributed by atoms with Crippen LogP contribution in [0.15, 0.2) is 121 Å². The van der Waals surface area contributed by atoms with E-state index in [-0.39, 0.29) is 11.8 Å². The zero-order valence-electron chi connectivity index (χ0n) is 19.7. The molecule has 0 fully saturated rings. The first-order valence-electron chi connectivity index (χ1n) is 12.2. The van der Waals surface area contributed by atoms with Crippen molar-refractivity contribution in [1.29, 1.82) is 0 Å². The van der Waals surface area contributed by atoms with Crippen molar-refractivity contribution >= 4 is 32.3 Å². The summed E-state index contributed by atoms with van der Waals surface area (Å²) in [5, 5.41) is 8.05. The molecule has 6 aromatic rings. The first-order chi connectivity index (χ1) is 16.7. The van der Waals surface area contributed by atoms with Gasteiger partial charge >= 0.3 is 0 Å². The molecule has 0 aliphatic heterocycles. The van der Waals surface area contributed by atoms with Gasteiger partial charge < -0.3 is 0 Å². The van der Waals surface area contributed by atoms with E-state index >= 15 is 0 Å². The lowest BCUT2D eigenvalue weighted by molar-refractivity contribution is 0.930. The van der Waals surface area contributed by atoms with E-state index < -0.39 is 0 Å². The summed E-state index contributed by atoms with van der Waals surface area (Å²) in [5.41, 5.74) is 5.55. The summed E-state index contributed by atoms with van der Waals surface area (Å²) in [6.45, 7) is 4.71. The van der Waals surface area contributed by atoms with Crippen LogP contribution in [0.4, 0.5) is 0 Å². The summed E-state index contributed by atoms with van der Waals surface area (Å²) in [4.78, 5) is 0. The first-order valence-corrected chi connectivity index (χ1v) is 12.2. The molecule has 6 aromatic carbocycles. The van der Waals surface area contributed by atoms with Crippen molar-refractivity contribution in [2.75, 3.05) is 0 Å². The van der Waals surface area contributed by atoms with Gasteiger partial charge in [0.25, 0.3) is 0 Å². The van der Waals surface area contributed by atoms with E-state index in [4.69, 9.17) is 0 Å². The maximum Gasteiger partial charge on any atom is 0.00733 e. The van der Waals surface area contributed by atoms with Crippen molar-refractivity contribution in [3.05, 3.63) is 144 Å². The van der Waals surface area contributed by atoms with E-state index in [2.05, 4.69) is 135 Å². The number of benzene rings is 6. The summed E-state index contributed by atoms with van der Waals surface area (Å²) in [7, 11) is 0. The van der Waals surface area contributed by atoms with Crippen LogP contribution in [0.5, 0.6) is 0 Å². The summed E-state index contributed by atoms with van der Waals surface area (Å²) in [6.07, 6.45) is 0. The molecule has 2 unspecified atom stereocenters. The van der Waals surface area contributed by atoms with Crippen LogP contribution in [-0.2, 0) is 0 Å². The molecule has 0 spiro atoms. The average Bonchev–Trinajstić information content (AvgIpc) is 2.91. The second-order valence-corrected chi connectivity index (χ2v) is 9.38. The van der Waals surface area contributed by atoms with Crippen LogP contribution < -0.4 is 0 Å². The normalized spacial score (nSPS) is 13.4. The smallest absolute Gasteiger partial charge is 0.00733 e. The lowest BCUT2D eigenvalue weighted by Crippen LogP contribution is -2.04. The van der Waals surface area contributed by atoms with Gasteiger partial charge in [0, 0.05) is 11.8 Å². The summed E-state index contributed by atoms with van der Waals surface area (Å²) >= 11 is 0. The minimum absolute atomic E-state index is 0.288. The van der Waals surface area contributed by atoms with Crippen LogP contribution in [0.1, 0.15) is 47.9 Å². The minimum atomic E-state index is 0.288. The van der Waals surface area contributed by atoms with E-state index in [1.165, 1.54) is 54.6 Å². The van der Waals surface area contributed by atoms with Crippen LogP contribution >= 0.6 is 0 Å². The van der Waals surface area contributed by atoms with E-state index in [1.54, 1.807) is 0 Å². The Morgan fingerprint density at radius 2 is 0.735 bits per heavy atom. The van der Waals surface area contributed by atoms with Crippen molar-refractivity contribution in [2.24, 2.45) is 0 Å². The molecule has 0 aromatic heterocycles. The van der Waals surface area contributed by atoms with E-state index in [1.807, 2.05) is 0 Å². The van der Waals surface area contributed by atoms with Crippen LogP contribution in [0.2, 0.25) is 0 Å². The van der Waals surface area contributed by atoms with Crippen LogP contribution in [0, 0.1) is 0 Å². The topological polar surface area (TPSA) is 0 Å². The molecule has 0 heterocycles. The predicted molar refractivity (Wildman–Crippen MR) is 147 cm³/mol. The van der Waals surface area contributed by atoms with Crippen molar-refractivity contribution in [3.63, 3.8) is 0 Å². The lowest BCUT2D eigenvalue weighted by atomic mass is 9.79. The summed E-state index contributed by atoms with van der Waals surface area (Å²) < 4.78 is 0. The Bertz CT molecular complexity index is 1490. The first kappa shape index (κ1) is 20.7. The number of hydrogen-bond acceptors (Lipinski definition) is 0. The highest BCUT2D eigenvalue weighted by Crippen LogP contribution is 2.44. The summed E-state index contributed by atoms with van der Waals surface area (Å²) in [6, 6.07) is 44.5. The predicted octanol–water partition coefficient (Wildman–Crippen LogP) is 9.45. The van der Waals surface area contributed by atoms with Crippen molar-refractivity contribution in [3.8, 4) is 0 Å². The Labute approximate surface area is 201 Å². The zero-order chi connectivity index (χ0) is 23.1. The second-order valence-electron chi connectivity index (χ2n) is 9.38. The van der Waals surface area contributed by atoms with Gasteiger partial charge in [-0.2, -0.15) is 0 Å². The van der Waals surface area contributed by atoms with Gasteiger partial charge in [0.05, 0.1) is 0 Å². The number of fused-ring (bicyclic) bond motifs is 3. The van der Waals surface area contributed by atoms with Gasteiger partial charge in [-0.1, -0.05) is 123 Å². The molecule has 0 aliphatic rings. The molecule has 0 saturated carbocycles. The molecule has 0 bridgehead atoms. The Balaban J connectivity index is 1.77. The molecule has 0 heteroatoms. The molecular weight excluding hydrogens is 408 g/mol. The summed E-state index contributed by atoms with van der Waals surface area (Å²) in [5.74, 6) is 0.576. The molecule has 0 saturated heterocycles. The third-order valence-electron chi connectivity index (χ3n) is 7.44. The fourth-order valence-electron chi connectivity index (χ4n) is 5.68. The molecular formula is C34H28. The van der Waals surface area contributed by atoms with E-state index in [0.29, 0.717) is 0 Å². The molecule has 34 heavy (non-hydrogen) atoms. The molecule has 0 radical (unpaired) electrons. The van der Waals surface area contributed by atoms with Gasteiger partial charge in [0.2, 0.25) is 0 Å². The maximum absolute atomic E-state index is 2.42. The largest absolute Gasteiger partial charge is 0.0622 e. The molecule has 164 valence electrons. The van der Waals surface area contributed by atoms with Crippen LogP contribution in [-0.4, -0.2) is 0 Å². The Morgan fingerprint density at radius 1 is 0.382 bits per heavy atom. The Hall–Kier alpha value is -3.90. The zero-order valence-corrected chi connectivity index (χ0v) is 19.7. The maximum atomic E-state index is 2.42. The van der Waals surface area contributed by atoms with Gasteiger partial charge in [0.1, 0.15) is 0 Å². The van der Waals surface area contributed by atoms with Crippen LogP contribution in [0.3, 0.4) is 0 Å². The molecule has 0 amide bonds. The minimum Gasteiger partial charge on any atom is -0.0622 e. The average molecular weight is 437 g/mol. The third kappa shape index (κ3) is 3.38. The van der Waals surface area contributed by atoms with E-state index in [0.717, 1.165) is 0 Å². The monoisotopic (exact) mass is 436 g/mol. The second kappa shape index (κ2) is 8.47. The quantitative estimate of drug-likeness (QED) is 0.241. The molecule has 6 rings (SSSR count). The third-order valence-corrected chi connectivity index (χ3v) is 7.44. The van der Waals surface area contributed by atoms with Crippen molar-refractivity contribution < 1.29 is 0 Å². The van der Waals surface area contributed by atoms with Gasteiger partial charge in [0.15, 0.2) is 0 Å². The standard InChI is InChI=1S/C34H28/c1-23(25-13-5-3-6-14-25)33-29-19-11-12-20-30(29)34(24(2)26-15-7-4-8-16-26)32-22-28-18-10-9-17-27(28)21-31(32)33/h3-24H,1-2H3. The molecule has 0 nitrogen and oxygen atoms in total. The van der Waals surface area contributed by atoms with Gasteiger partial charge in [-0.15, -0.1) is 0 Å². The fourth-order valence-corrected chi connectivity index (χ4v) is 5.68.